The van der Waals surface area contributed by atoms with Crippen LogP contribution in [0, 0.1) is 17.0 Å². The molecule has 0 aliphatic heterocycles. The van der Waals surface area contributed by atoms with E-state index in [4.69, 9.17) is 0 Å². The van der Waals surface area contributed by atoms with Gasteiger partial charge in [0.25, 0.3) is 5.69 Å². The van der Waals surface area contributed by atoms with E-state index in [1.54, 1.807) is 13.0 Å². The highest BCUT2D eigenvalue weighted by Gasteiger charge is 2.12. The second kappa shape index (κ2) is 6.14. The summed E-state index contributed by atoms with van der Waals surface area (Å²) in [5.74, 6) is 0.663. The molecule has 104 valence electrons. The Morgan fingerprint density at radius 2 is 2.05 bits per heavy atom. The largest absolute Gasteiger partial charge is 0.367 e. The molecule has 0 aliphatic carbocycles. The van der Waals surface area contributed by atoms with Crippen LogP contribution >= 0.6 is 0 Å². The number of rotatable bonds is 5. The fourth-order valence-electron chi connectivity index (χ4n) is 2.09. The van der Waals surface area contributed by atoms with Gasteiger partial charge in [-0.15, -0.1) is 0 Å². The molecule has 0 saturated carbocycles. The minimum absolute atomic E-state index is 0.0475. The maximum absolute atomic E-state index is 10.7. The number of anilines is 1. The number of aryl methyl sites for hydroxylation is 1. The van der Waals surface area contributed by atoms with Crippen molar-refractivity contribution in [3.05, 3.63) is 63.8 Å². The summed E-state index contributed by atoms with van der Waals surface area (Å²) in [7, 11) is 0. The first-order valence-corrected chi connectivity index (χ1v) is 6.48. The number of nitrogens with one attached hydrogen (secondary N) is 1. The number of pyridine rings is 1. The maximum Gasteiger partial charge on any atom is 0.290 e. The van der Waals surface area contributed by atoms with Crippen molar-refractivity contribution < 1.29 is 4.92 Å². The molecular weight excluding hydrogens is 254 g/mol. The Hall–Kier alpha value is -2.43. The van der Waals surface area contributed by atoms with Crippen molar-refractivity contribution in [2.45, 2.75) is 26.3 Å². The van der Waals surface area contributed by atoms with E-state index in [1.807, 2.05) is 18.2 Å². The van der Waals surface area contributed by atoms with Crippen molar-refractivity contribution in [3.8, 4) is 0 Å². The van der Waals surface area contributed by atoms with Gasteiger partial charge in [0.2, 0.25) is 0 Å². The van der Waals surface area contributed by atoms with Crippen LogP contribution in [0.5, 0.6) is 0 Å². The number of aromatic nitrogens is 1. The molecule has 5 nitrogen and oxygen atoms in total. The third kappa shape index (κ3) is 3.54. The lowest BCUT2D eigenvalue weighted by Crippen LogP contribution is -2.19. The number of nitro groups is 1. The van der Waals surface area contributed by atoms with Crippen LogP contribution in [-0.4, -0.2) is 15.9 Å². The predicted molar refractivity (Wildman–Crippen MR) is 78.9 cm³/mol. The van der Waals surface area contributed by atoms with E-state index in [2.05, 4.69) is 29.4 Å². The molecule has 2 aromatic rings. The Balaban J connectivity index is 2.03. The molecule has 0 saturated heterocycles. The molecule has 0 spiro atoms. The van der Waals surface area contributed by atoms with Crippen LogP contribution in [0.15, 0.2) is 42.6 Å². The fraction of sp³-hybridized carbons (Fsp3) is 0.267. The third-order valence-electron chi connectivity index (χ3n) is 3.06. The fourth-order valence-corrected chi connectivity index (χ4v) is 2.09. The first kappa shape index (κ1) is 14.0. The molecule has 0 radical (unpaired) electrons. The van der Waals surface area contributed by atoms with E-state index < -0.39 is 4.92 Å². The number of hydrogen-bond donors (Lipinski definition) is 1. The van der Waals surface area contributed by atoms with Crippen LogP contribution < -0.4 is 5.32 Å². The smallest absolute Gasteiger partial charge is 0.290 e. The van der Waals surface area contributed by atoms with Crippen molar-refractivity contribution in [1.82, 2.24) is 4.98 Å². The lowest BCUT2D eigenvalue weighted by Gasteiger charge is -2.14. The van der Waals surface area contributed by atoms with Gasteiger partial charge >= 0.3 is 0 Å². The van der Waals surface area contributed by atoms with Gasteiger partial charge in [0, 0.05) is 11.6 Å². The molecule has 1 N–H and O–H groups in total. The highest BCUT2D eigenvalue weighted by molar-refractivity contribution is 5.47. The molecular formula is C15H17N3O2. The standard InChI is InChI=1S/C15H17N3O2/c1-11-8-15(16-10-14(11)18(19)20)17-12(2)9-13-6-4-3-5-7-13/h3-8,10,12H,9H2,1-2H3,(H,16,17). The van der Waals surface area contributed by atoms with Gasteiger partial charge in [-0.1, -0.05) is 30.3 Å². The molecule has 0 aliphatic rings. The zero-order valence-corrected chi connectivity index (χ0v) is 11.5. The number of nitrogens with zero attached hydrogens (tertiary/aromatic N) is 2. The van der Waals surface area contributed by atoms with E-state index in [1.165, 1.54) is 11.8 Å². The quantitative estimate of drug-likeness (QED) is 0.669. The predicted octanol–water partition coefficient (Wildman–Crippen LogP) is 3.34. The SMILES string of the molecule is Cc1cc(NC(C)Cc2ccccc2)ncc1[N+](=O)[O-]. The van der Waals surface area contributed by atoms with Gasteiger partial charge in [0.05, 0.1) is 4.92 Å². The molecule has 2 rings (SSSR count). The van der Waals surface area contributed by atoms with Crippen LogP contribution in [0.3, 0.4) is 0 Å². The first-order valence-electron chi connectivity index (χ1n) is 6.48. The molecule has 1 aromatic carbocycles. The van der Waals surface area contributed by atoms with Crippen molar-refractivity contribution >= 4 is 11.5 Å². The Morgan fingerprint density at radius 1 is 1.35 bits per heavy atom. The molecule has 0 fully saturated rings. The van der Waals surface area contributed by atoms with Gasteiger partial charge in [-0.05, 0) is 31.9 Å². The summed E-state index contributed by atoms with van der Waals surface area (Å²) in [5, 5.41) is 14.0. The van der Waals surface area contributed by atoms with Gasteiger partial charge in [-0.25, -0.2) is 4.98 Å². The molecule has 1 unspecified atom stereocenters. The van der Waals surface area contributed by atoms with Gasteiger partial charge in [-0.2, -0.15) is 0 Å². The van der Waals surface area contributed by atoms with Gasteiger partial charge in [0.15, 0.2) is 0 Å². The van der Waals surface area contributed by atoms with Crippen molar-refractivity contribution in [3.63, 3.8) is 0 Å². The van der Waals surface area contributed by atoms with Crippen LogP contribution in [0.4, 0.5) is 11.5 Å². The van der Waals surface area contributed by atoms with Crippen molar-refractivity contribution in [2.75, 3.05) is 5.32 Å². The van der Waals surface area contributed by atoms with Gasteiger partial charge in [-0.3, -0.25) is 10.1 Å². The Labute approximate surface area is 117 Å². The summed E-state index contributed by atoms with van der Waals surface area (Å²) in [4.78, 5) is 14.4. The van der Waals surface area contributed by atoms with E-state index in [-0.39, 0.29) is 11.7 Å². The molecule has 1 aromatic heterocycles. The van der Waals surface area contributed by atoms with Gasteiger partial charge in [0.1, 0.15) is 12.0 Å². The first-order chi connectivity index (χ1) is 9.56. The highest BCUT2D eigenvalue weighted by Crippen LogP contribution is 2.19. The average molecular weight is 271 g/mol. The van der Waals surface area contributed by atoms with E-state index in [0.29, 0.717) is 11.4 Å². The summed E-state index contributed by atoms with van der Waals surface area (Å²) in [6, 6.07) is 12.1. The molecule has 20 heavy (non-hydrogen) atoms. The second-order valence-corrected chi connectivity index (χ2v) is 4.85. The Morgan fingerprint density at radius 3 is 2.65 bits per heavy atom. The summed E-state index contributed by atoms with van der Waals surface area (Å²) in [6.07, 6.45) is 2.17. The van der Waals surface area contributed by atoms with E-state index >= 15 is 0 Å². The van der Waals surface area contributed by atoms with E-state index in [9.17, 15) is 10.1 Å². The highest BCUT2D eigenvalue weighted by atomic mass is 16.6. The minimum Gasteiger partial charge on any atom is -0.367 e. The summed E-state index contributed by atoms with van der Waals surface area (Å²) >= 11 is 0. The van der Waals surface area contributed by atoms with Crippen molar-refractivity contribution in [2.24, 2.45) is 0 Å². The lowest BCUT2D eigenvalue weighted by atomic mass is 10.1. The maximum atomic E-state index is 10.7. The monoisotopic (exact) mass is 271 g/mol. The average Bonchev–Trinajstić information content (AvgIpc) is 2.39. The Kier molecular flexibility index (Phi) is 4.30. The zero-order valence-electron chi connectivity index (χ0n) is 11.5. The zero-order chi connectivity index (χ0) is 14.5. The molecule has 1 atom stereocenters. The topological polar surface area (TPSA) is 68.1 Å². The minimum atomic E-state index is -0.417. The summed E-state index contributed by atoms with van der Waals surface area (Å²) in [6.45, 7) is 3.78. The lowest BCUT2D eigenvalue weighted by molar-refractivity contribution is -0.385. The van der Waals surface area contributed by atoms with Crippen LogP contribution in [0.1, 0.15) is 18.1 Å². The molecule has 0 bridgehead atoms. The van der Waals surface area contributed by atoms with Gasteiger partial charge < -0.3 is 5.32 Å². The number of hydrogen-bond acceptors (Lipinski definition) is 4. The summed E-state index contributed by atoms with van der Waals surface area (Å²) < 4.78 is 0. The van der Waals surface area contributed by atoms with Crippen LogP contribution in [-0.2, 0) is 6.42 Å². The van der Waals surface area contributed by atoms with Crippen LogP contribution in [0.2, 0.25) is 0 Å². The van der Waals surface area contributed by atoms with Crippen molar-refractivity contribution in [1.29, 1.82) is 0 Å². The third-order valence-corrected chi connectivity index (χ3v) is 3.06. The molecule has 1 heterocycles. The second-order valence-electron chi connectivity index (χ2n) is 4.85. The van der Waals surface area contributed by atoms with Crippen LogP contribution in [0.25, 0.3) is 0 Å². The van der Waals surface area contributed by atoms with E-state index in [0.717, 1.165) is 6.42 Å². The molecule has 5 heteroatoms. The Bertz CT molecular complexity index is 599. The normalized spacial score (nSPS) is 11.9. The number of benzene rings is 1. The summed E-state index contributed by atoms with van der Waals surface area (Å²) in [5.41, 5.74) is 1.90. The molecule has 0 amide bonds.